The van der Waals surface area contributed by atoms with Crippen molar-refractivity contribution in [2.75, 3.05) is 24.6 Å². The Labute approximate surface area is 168 Å². The van der Waals surface area contributed by atoms with Crippen LogP contribution in [0.1, 0.15) is 22.3 Å². The van der Waals surface area contributed by atoms with Gasteiger partial charge in [0, 0.05) is 49.7 Å². The Balaban J connectivity index is 1.28. The third-order valence-electron chi connectivity index (χ3n) is 5.37. The van der Waals surface area contributed by atoms with Crippen LogP contribution >= 0.6 is 0 Å². The lowest BCUT2D eigenvalue weighted by Crippen LogP contribution is -2.37. The van der Waals surface area contributed by atoms with Crippen LogP contribution < -0.4 is 15.0 Å². The second-order valence-corrected chi connectivity index (χ2v) is 7.28. The molecule has 0 aliphatic carbocycles. The maximum atomic E-state index is 12.8. The lowest BCUT2D eigenvalue weighted by molar-refractivity contribution is 0.0937. The second-order valence-electron chi connectivity index (χ2n) is 7.28. The Morgan fingerprint density at radius 3 is 3.03 bits per heavy atom. The quantitative estimate of drug-likeness (QED) is 0.741. The Morgan fingerprint density at radius 1 is 1.17 bits per heavy atom. The first-order valence-corrected chi connectivity index (χ1v) is 9.82. The van der Waals surface area contributed by atoms with E-state index >= 15 is 0 Å². The van der Waals surface area contributed by atoms with E-state index in [9.17, 15) is 4.79 Å². The van der Waals surface area contributed by atoms with Gasteiger partial charge in [0.1, 0.15) is 5.75 Å². The smallest absolute Gasteiger partial charge is 0.255 e. The molecule has 7 nitrogen and oxygen atoms in total. The number of pyridine rings is 1. The van der Waals surface area contributed by atoms with Gasteiger partial charge >= 0.3 is 0 Å². The fraction of sp³-hybridized carbons (Fsp3) is 0.273. The normalized spacial score (nSPS) is 17.7. The SMILES string of the molecule is O=C(NC1CCN(c2nccc(-c3cccnc3)n2)C1)c1cccc2c1OCC2. The first-order valence-electron chi connectivity index (χ1n) is 9.82. The minimum atomic E-state index is -0.0828. The molecule has 0 bridgehead atoms. The van der Waals surface area contributed by atoms with E-state index in [1.54, 1.807) is 18.6 Å². The van der Waals surface area contributed by atoms with E-state index in [0.717, 1.165) is 42.0 Å². The van der Waals surface area contributed by atoms with Crippen molar-refractivity contribution in [2.24, 2.45) is 0 Å². The summed E-state index contributed by atoms with van der Waals surface area (Å²) < 4.78 is 5.66. The number of hydrogen-bond donors (Lipinski definition) is 1. The topological polar surface area (TPSA) is 80.2 Å². The molecule has 2 aliphatic heterocycles. The van der Waals surface area contributed by atoms with Crippen LogP contribution in [0.5, 0.6) is 5.75 Å². The van der Waals surface area contributed by atoms with Gasteiger partial charge in [-0.3, -0.25) is 9.78 Å². The van der Waals surface area contributed by atoms with E-state index in [1.165, 1.54) is 0 Å². The highest BCUT2D eigenvalue weighted by Crippen LogP contribution is 2.29. The molecule has 1 N–H and O–H groups in total. The molecule has 4 heterocycles. The van der Waals surface area contributed by atoms with E-state index < -0.39 is 0 Å². The average molecular weight is 387 g/mol. The zero-order valence-corrected chi connectivity index (χ0v) is 15.9. The monoisotopic (exact) mass is 387 g/mol. The zero-order chi connectivity index (χ0) is 19.6. The molecule has 0 spiro atoms. The Bertz CT molecular complexity index is 1040. The van der Waals surface area contributed by atoms with Crippen molar-refractivity contribution in [2.45, 2.75) is 18.9 Å². The summed E-state index contributed by atoms with van der Waals surface area (Å²) in [6.45, 7) is 2.12. The molecular weight excluding hydrogens is 366 g/mol. The van der Waals surface area contributed by atoms with Crippen molar-refractivity contribution in [3.8, 4) is 17.0 Å². The highest BCUT2D eigenvalue weighted by atomic mass is 16.5. The van der Waals surface area contributed by atoms with Crippen molar-refractivity contribution in [3.63, 3.8) is 0 Å². The molecule has 1 atom stereocenters. The zero-order valence-electron chi connectivity index (χ0n) is 15.9. The average Bonchev–Trinajstić information content (AvgIpc) is 3.44. The third-order valence-corrected chi connectivity index (χ3v) is 5.37. The minimum Gasteiger partial charge on any atom is -0.492 e. The van der Waals surface area contributed by atoms with Gasteiger partial charge in [0.25, 0.3) is 5.91 Å². The summed E-state index contributed by atoms with van der Waals surface area (Å²) in [6, 6.07) is 11.6. The maximum Gasteiger partial charge on any atom is 0.255 e. The van der Waals surface area contributed by atoms with Gasteiger partial charge in [-0.2, -0.15) is 0 Å². The summed E-state index contributed by atoms with van der Waals surface area (Å²) >= 11 is 0. The Kier molecular flexibility index (Phi) is 4.56. The molecule has 0 saturated carbocycles. The van der Waals surface area contributed by atoms with Crippen LogP contribution in [-0.2, 0) is 6.42 Å². The van der Waals surface area contributed by atoms with Crippen LogP contribution in [0.25, 0.3) is 11.3 Å². The standard InChI is InChI=1S/C22H21N5O2/c28-21(18-5-1-3-15-8-12-29-20(15)18)25-17-7-11-27(14-17)22-24-10-6-19(26-22)16-4-2-9-23-13-16/h1-6,9-10,13,17H,7-8,11-12,14H2,(H,25,28). The number of para-hydroxylation sites is 1. The summed E-state index contributed by atoms with van der Waals surface area (Å²) in [5.41, 5.74) is 3.52. The highest BCUT2D eigenvalue weighted by Gasteiger charge is 2.28. The second kappa shape index (κ2) is 7.50. The van der Waals surface area contributed by atoms with E-state index in [2.05, 4.69) is 25.2 Å². The lowest BCUT2D eigenvalue weighted by atomic mass is 10.1. The molecule has 5 rings (SSSR count). The summed E-state index contributed by atoms with van der Waals surface area (Å²) in [5.74, 6) is 1.32. The van der Waals surface area contributed by atoms with Crippen molar-refractivity contribution < 1.29 is 9.53 Å². The fourth-order valence-electron chi connectivity index (χ4n) is 3.89. The molecule has 1 saturated heterocycles. The van der Waals surface area contributed by atoms with Gasteiger partial charge in [-0.05, 0) is 36.2 Å². The Morgan fingerprint density at radius 2 is 2.14 bits per heavy atom. The molecule has 1 aromatic carbocycles. The van der Waals surface area contributed by atoms with E-state index in [1.807, 2.05) is 36.4 Å². The molecule has 0 radical (unpaired) electrons. The highest BCUT2D eigenvalue weighted by molar-refractivity contribution is 5.97. The first kappa shape index (κ1) is 17.6. The molecular formula is C22H21N5O2. The minimum absolute atomic E-state index is 0.0467. The van der Waals surface area contributed by atoms with Crippen LogP contribution in [0, 0.1) is 0 Å². The number of nitrogens with one attached hydrogen (secondary N) is 1. The number of carbonyl (C=O) groups is 1. The van der Waals surface area contributed by atoms with Gasteiger partial charge in [-0.1, -0.05) is 12.1 Å². The van der Waals surface area contributed by atoms with Crippen LogP contribution in [0.4, 0.5) is 5.95 Å². The third kappa shape index (κ3) is 3.51. The molecule has 1 fully saturated rings. The van der Waals surface area contributed by atoms with E-state index in [4.69, 9.17) is 4.74 Å². The molecule has 7 heteroatoms. The van der Waals surface area contributed by atoms with Crippen molar-refractivity contribution in [1.29, 1.82) is 0 Å². The number of aromatic nitrogens is 3. The van der Waals surface area contributed by atoms with Gasteiger partial charge in [-0.25, -0.2) is 9.97 Å². The van der Waals surface area contributed by atoms with Crippen LogP contribution in [0.3, 0.4) is 0 Å². The van der Waals surface area contributed by atoms with Gasteiger partial charge in [0.05, 0.1) is 17.9 Å². The maximum absolute atomic E-state index is 12.8. The first-order chi connectivity index (χ1) is 14.3. The molecule has 2 aliphatic rings. The predicted molar refractivity (Wildman–Crippen MR) is 109 cm³/mol. The van der Waals surface area contributed by atoms with Gasteiger partial charge in [0.2, 0.25) is 5.95 Å². The number of rotatable bonds is 4. The number of benzene rings is 1. The number of anilines is 1. The summed E-state index contributed by atoms with van der Waals surface area (Å²) in [7, 11) is 0. The summed E-state index contributed by atoms with van der Waals surface area (Å²) in [6.07, 6.45) is 7.01. The molecule has 29 heavy (non-hydrogen) atoms. The number of fused-ring (bicyclic) bond motifs is 1. The fourth-order valence-corrected chi connectivity index (χ4v) is 3.89. The van der Waals surface area contributed by atoms with Gasteiger partial charge in [0.15, 0.2) is 0 Å². The number of amides is 1. The van der Waals surface area contributed by atoms with E-state index in [-0.39, 0.29) is 11.9 Å². The molecule has 3 aromatic rings. The predicted octanol–water partition coefficient (Wildman–Crippen LogP) is 2.48. The molecule has 2 aromatic heterocycles. The van der Waals surface area contributed by atoms with Crippen LogP contribution in [0.2, 0.25) is 0 Å². The largest absolute Gasteiger partial charge is 0.492 e. The van der Waals surface area contributed by atoms with Gasteiger partial charge < -0.3 is 15.0 Å². The lowest BCUT2D eigenvalue weighted by Gasteiger charge is -2.18. The molecule has 1 unspecified atom stereocenters. The van der Waals surface area contributed by atoms with Crippen molar-refractivity contribution in [3.05, 3.63) is 66.1 Å². The van der Waals surface area contributed by atoms with Gasteiger partial charge in [-0.15, -0.1) is 0 Å². The molecule has 146 valence electrons. The van der Waals surface area contributed by atoms with Crippen molar-refractivity contribution >= 4 is 11.9 Å². The van der Waals surface area contributed by atoms with Crippen LogP contribution in [-0.4, -0.2) is 46.6 Å². The molecule has 1 amide bonds. The van der Waals surface area contributed by atoms with Crippen LogP contribution in [0.15, 0.2) is 55.0 Å². The van der Waals surface area contributed by atoms with Crippen molar-refractivity contribution in [1.82, 2.24) is 20.3 Å². The number of ether oxygens (including phenoxy) is 1. The van der Waals surface area contributed by atoms with E-state index in [0.29, 0.717) is 24.7 Å². The Hall–Kier alpha value is -3.48. The summed E-state index contributed by atoms with van der Waals surface area (Å²) in [4.78, 5) is 28.2. The number of carbonyl (C=O) groups excluding carboxylic acids is 1. The number of hydrogen-bond acceptors (Lipinski definition) is 6. The summed E-state index contributed by atoms with van der Waals surface area (Å²) in [5, 5.41) is 3.14. The number of nitrogens with zero attached hydrogens (tertiary/aromatic N) is 4.